The number of hydrogen-bond acceptors (Lipinski definition) is 5. The number of benzene rings is 1. The summed E-state index contributed by atoms with van der Waals surface area (Å²) in [6.45, 7) is 7.00. The molecule has 1 aliphatic heterocycles. The Labute approximate surface area is 181 Å². The average Bonchev–Trinajstić information content (AvgIpc) is 3.33. The third-order valence-electron chi connectivity index (χ3n) is 7.21. The van der Waals surface area contributed by atoms with Crippen molar-refractivity contribution in [3.8, 4) is 11.3 Å². The Bertz CT molecular complexity index is 851. The molecule has 5 nitrogen and oxygen atoms in total. The maximum atomic E-state index is 6.23. The number of likely N-dealkylation sites (tertiary alicyclic amines) is 1. The van der Waals surface area contributed by atoms with E-state index in [1.807, 2.05) is 0 Å². The van der Waals surface area contributed by atoms with Gasteiger partial charge in [0, 0.05) is 30.3 Å². The molecule has 2 fully saturated rings. The number of nitrogens with two attached hydrogens (primary N) is 1. The van der Waals surface area contributed by atoms with Gasteiger partial charge in [0.2, 0.25) is 5.95 Å². The van der Waals surface area contributed by atoms with Crippen LogP contribution in [0.25, 0.3) is 11.3 Å². The van der Waals surface area contributed by atoms with Crippen LogP contribution in [0.4, 0.5) is 11.8 Å². The van der Waals surface area contributed by atoms with Crippen molar-refractivity contribution in [3.63, 3.8) is 0 Å². The van der Waals surface area contributed by atoms with Gasteiger partial charge in [-0.15, -0.1) is 0 Å². The van der Waals surface area contributed by atoms with Gasteiger partial charge in [0.25, 0.3) is 0 Å². The highest BCUT2D eigenvalue weighted by Gasteiger charge is 2.30. The second-order valence-electron chi connectivity index (χ2n) is 8.91. The van der Waals surface area contributed by atoms with Gasteiger partial charge in [0.15, 0.2) is 0 Å². The van der Waals surface area contributed by atoms with Crippen LogP contribution in [0, 0.1) is 0 Å². The lowest BCUT2D eigenvalue weighted by molar-refractivity contribution is 0.181. The molecule has 0 bridgehead atoms. The summed E-state index contributed by atoms with van der Waals surface area (Å²) < 4.78 is 0. The first kappa shape index (κ1) is 21.1. The molecule has 5 heteroatoms. The van der Waals surface area contributed by atoms with Crippen molar-refractivity contribution < 1.29 is 0 Å². The molecule has 2 N–H and O–H groups in total. The van der Waals surface area contributed by atoms with Crippen molar-refractivity contribution in [2.75, 3.05) is 30.8 Å². The highest BCUT2D eigenvalue weighted by Crippen LogP contribution is 2.35. The highest BCUT2D eigenvalue weighted by atomic mass is 15.2. The third-order valence-corrected chi connectivity index (χ3v) is 7.21. The van der Waals surface area contributed by atoms with Crippen molar-refractivity contribution in [1.82, 2.24) is 14.9 Å². The molecule has 2 aromatic rings. The van der Waals surface area contributed by atoms with Gasteiger partial charge < -0.3 is 15.5 Å². The lowest BCUT2D eigenvalue weighted by atomic mass is 9.89. The smallest absolute Gasteiger partial charge is 0.222 e. The molecule has 0 spiro atoms. The number of nitrogen functional groups attached to an aromatic ring is 1. The zero-order chi connectivity index (χ0) is 21.1. The standard InChI is InChI=1S/C25H37N5/c1-4-18-10-6-7-11-22(18)23-21(5-2)24(28-25(26)27-23)29(3)19-12-14-20(15-13-19)30-16-8-9-17-30/h6-7,10-11,19-20H,4-5,8-9,12-17H2,1-3H3,(H2,26,27,28). The van der Waals surface area contributed by atoms with Gasteiger partial charge in [-0.1, -0.05) is 38.1 Å². The molecule has 4 rings (SSSR count). The van der Waals surface area contributed by atoms with Crippen LogP contribution in [-0.4, -0.2) is 47.1 Å². The van der Waals surface area contributed by atoms with E-state index in [2.05, 4.69) is 55.0 Å². The molecule has 1 saturated heterocycles. The van der Waals surface area contributed by atoms with Crippen LogP contribution in [0.5, 0.6) is 0 Å². The van der Waals surface area contributed by atoms with E-state index in [1.54, 1.807) is 0 Å². The fourth-order valence-electron chi connectivity index (χ4n) is 5.48. The van der Waals surface area contributed by atoms with Crippen molar-refractivity contribution in [2.45, 2.75) is 77.3 Å². The Kier molecular flexibility index (Phi) is 6.57. The van der Waals surface area contributed by atoms with Gasteiger partial charge in [-0.25, -0.2) is 4.98 Å². The molecule has 0 atom stereocenters. The predicted molar refractivity (Wildman–Crippen MR) is 126 cm³/mol. The maximum absolute atomic E-state index is 6.23. The van der Waals surface area contributed by atoms with E-state index in [4.69, 9.17) is 15.7 Å². The third kappa shape index (κ3) is 4.18. The summed E-state index contributed by atoms with van der Waals surface area (Å²) in [5.41, 5.74) is 11.0. The van der Waals surface area contributed by atoms with E-state index in [1.165, 1.54) is 68.3 Å². The van der Waals surface area contributed by atoms with Gasteiger partial charge in [-0.05, 0) is 70.0 Å². The minimum Gasteiger partial charge on any atom is -0.368 e. The zero-order valence-corrected chi connectivity index (χ0v) is 18.9. The first-order chi connectivity index (χ1) is 14.6. The largest absolute Gasteiger partial charge is 0.368 e. The number of aromatic nitrogens is 2. The van der Waals surface area contributed by atoms with Crippen molar-refractivity contribution in [2.24, 2.45) is 0 Å². The van der Waals surface area contributed by atoms with E-state index in [-0.39, 0.29) is 0 Å². The molecule has 1 aliphatic carbocycles. The summed E-state index contributed by atoms with van der Waals surface area (Å²) >= 11 is 0. The second kappa shape index (κ2) is 9.34. The molecule has 1 aromatic heterocycles. The maximum Gasteiger partial charge on any atom is 0.222 e. The van der Waals surface area contributed by atoms with Crippen molar-refractivity contribution in [1.29, 1.82) is 0 Å². The fourth-order valence-corrected chi connectivity index (χ4v) is 5.48. The van der Waals surface area contributed by atoms with Crippen molar-refractivity contribution in [3.05, 3.63) is 35.4 Å². The van der Waals surface area contributed by atoms with E-state index >= 15 is 0 Å². The van der Waals surface area contributed by atoms with Gasteiger partial charge >= 0.3 is 0 Å². The molecule has 0 unspecified atom stereocenters. The summed E-state index contributed by atoms with van der Waals surface area (Å²) in [5.74, 6) is 1.40. The number of nitrogens with zero attached hydrogens (tertiary/aromatic N) is 4. The summed E-state index contributed by atoms with van der Waals surface area (Å²) in [6.07, 6.45) is 9.68. The Morgan fingerprint density at radius 3 is 2.37 bits per heavy atom. The minimum absolute atomic E-state index is 0.376. The van der Waals surface area contributed by atoms with Gasteiger partial charge in [-0.2, -0.15) is 4.98 Å². The van der Waals surface area contributed by atoms with Crippen LogP contribution in [0.3, 0.4) is 0 Å². The van der Waals surface area contributed by atoms with Crippen LogP contribution in [0.15, 0.2) is 24.3 Å². The molecule has 162 valence electrons. The Hall–Kier alpha value is -2.14. The average molecular weight is 408 g/mol. The molecule has 2 heterocycles. The van der Waals surface area contributed by atoms with Crippen molar-refractivity contribution >= 4 is 11.8 Å². The Balaban J connectivity index is 1.60. The summed E-state index contributed by atoms with van der Waals surface area (Å²) in [6, 6.07) is 9.86. The number of rotatable bonds is 6. The predicted octanol–water partition coefficient (Wildman–Crippen LogP) is 4.69. The Morgan fingerprint density at radius 1 is 1.00 bits per heavy atom. The molecular weight excluding hydrogens is 370 g/mol. The lowest BCUT2D eigenvalue weighted by Crippen LogP contribution is -2.42. The zero-order valence-electron chi connectivity index (χ0n) is 18.9. The van der Waals surface area contributed by atoms with Crippen LogP contribution < -0.4 is 10.6 Å². The summed E-state index contributed by atoms with van der Waals surface area (Å²) in [4.78, 5) is 14.6. The number of hydrogen-bond donors (Lipinski definition) is 1. The van der Waals surface area contributed by atoms with Crippen LogP contribution in [-0.2, 0) is 12.8 Å². The first-order valence-electron chi connectivity index (χ1n) is 11.8. The topological polar surface area (TPSA) is 58.3 Å². The second-order valence-corrected chi connectivity index (χ2v) is 8.91. The van der Waals surface area contributed by atoms with Gasteiger partial charge in [-0.3, -0.25) is 0 Å². The van der Waals surface area contributed by atoms with E-state index in [9.17, 15) is 0 Å². The molecule has 0 amide bonds. The summed E-state index contributed by atoms with van der Waals surface area (Å²) in [5, 5.41) is 0. The first-order valence-corrected chi connectivity index (χ1v) is 11.8. The van der Waals surface area contributed by atoms with Gasteiger partial charge in [0.1, 0.15) is 5.82 Å². The Morgan fingerprint density at radius 2 is 1.70 bits per heavy atom. The normalized spacial score (nSPS) is 22.4. The minimum atomic E-state index is 0.376. The molecule has 1 aromatic carbocycles. The monoisotopic (exact) mass is 407 g/mol. The number of anilines is 2. The van der Waals surface area contributed by atoms with E-state index in [0.717, 1.165) is 30.4 Å². The summed E-state index contributed by atoms with van der Waals surface area (Å²) in [7, 11) is 2.21. The quantitative estimate of drug-likeness (QED) is 0.752. The molecule has 0 radical (unpaired) electrons. The van der Waals surface area contributed by atoms with Crippen LogP contribution in [0.2, 0.25) is 0 Å². The number of aryl methyl sites for hydroxylation is 1. The van der Waals surface area contributed by atoms with Crippen LogP contribution in [0.1, 0.15) is 63.5 Å². The SMILES string of the molecule is CCc1ccccc1-c1nc(N)nc(N(C)C2CCC(N3CCCC3)CC2)c1CC. The lowest BCUT2D eigenvalue weighted by Gasteiger charge is -2.39. The van der Waals surface area contributed by atoms with E-state index in [0.29, 0.717) is 12.0 Å². The highest BCUT2D eigenvalue weighted by molar-refractivity contribution is 5.73. The molecule has 30 heavy (non-hydrogen) atoms. The molecular formula is C25H37N5. The fraction of sp³-hybridized carbons (Fsp3) is 0.600. The van der Waals surface area contributed by atoms with Crippen LogP contribution >= 0.6 is 0 Å². The van der Waals surface area contributed by atoms with Gasteiger partial charge in [0.05, 0.1) is 5.69 Å². The molecule has 1 saturated carbocycles. The van der Waals surface area contributed by atoms with E-state index < -0.39 is 0 Å². The molecule has 2 aliphatic rings.